The molecule has 0 N–H and O–H groups in total. The second kappa shape index (κ2) is 5.08. The molecule has 1 nitrogen and oxygen atoms in total. The fraction of sp³-hybridized carbons (Fsp3) is 0.556. The Labute approximate surface area is 102 Å². The summed E-state index contributed by atoms with van der Waals surface area (Å²) in [7, 11) is 0. The van der Waals surface area contributed by atoms with Gasteiger partial charge in [0.05, 0.1) is 8.67 Å². The third kappa shape index (κ3) is 2.80. The maximum atomic E-state index is 6.07. The number of thioether (sulfide) groups is 1. The Morgan fingerprint density at radius 3 is 2.57 bits per heavy atom. The highest BCUT2D eigenvalue weighted by molar-refractivity contribution is 7.99. The normalized spacial score (nSPS) is 18.7. The number of halogens is 2. The van der Waals surface area contributed by atoms with E-state index in [1.54, 1.807) is 0 Å². The van der Waals surface area contributed by atoms with Crippen molar-refractivity contribution in [2.75, 3.05) is 24.6 Å². The largest absolute Gasteiger partial charge is 0.297 e. The van der Waals surface area contributed by atoms with Gasteiger partial charge in [-0.3, -0.25) is 4.90 Å². The van der Waals surface area contributed by atoms with Gasteiger partial charge in [-0.15, -0.1) is 11.3 Å². The molecule has 0 saturated carbocycles. The molecule has 1 aliphatic heterocycles. The minimum absolute atomic E-state index is 0.788. The van der Waals surface area contributed by atoms with Gasteiger partial charge >= 0.3 is 0 Å². The molecule has 1 aliphatic rings. The summed E-state index contributed by atoms with van der Waals surface area (Å²) < 4.78 is 1.63. The van der Waals surface area contributed by atoms with Crippen LogP contribution in [-0.2, 0) is 6.54 Å². The predicted octanol–water partition coefficient (Wildman–Crippen LogP) is 3.60. The SMILES string of the molecule is Clc1cc(CN2CCSCC2)c(Cl)s1. The summed E-state index contributed by atoms with van der Waals surface area (Å²) >= 11 is 15.4. The molecule has 1 fully saturated rings. The van der Waals surface area contributed by atoms with E-state index in [-0.39, 0.29) is 0 Å². The Morgan fingerprint density at radius 2 is 2.00 bits per heavy atom. The van der Waals surface area contributed by atoms with Crippen LogP contribution in [0.2, 0.25) is 8.67 Å². The Balaban J connectivity index is 1.98. The van der Waals surface area contributed by atoms with Crippen LogP contribution in [0.3, 0.4) is 0 Å². The molecule has 78 valence electrons. The van der Waals surface area contributed by atoms with Gasteiger partial charge < -0.3 is 0 Å². The molecule has 2 rings (SSSR count). The van der Waals surface area contributed by atoms with E-state index in [0.29, 0.717) is 0 Å². The molecule has 14 heavy (non-hydrogen) atoms. The zero-order chi connectivity index (χ0) is 9.97. The maximum absolute atomic E-state index is 6.07. The van der Waals surface area contributed by atoms with E-state index in [1.165, 1.54) is 28.4 Å². The monoisotopic (exact) mass is 267 g/mol. The lowest BCUT2D eigenvalue weighted by atomic mass is 10.3. The molecule has 0 unspecified atom stereocenters. The number of hydrogen-bond donors (Lipinski definition) is 0. The highest BCUT2D eigenvalue weighted by Gasteiger charge is 2.13. The summed E-state index contributed by atoms with van der Waals surface area (Å²) in [6.07, 6.45) is 0. The van der Waals surface area contributed by atoms with Crippen molar-refractivity contribution < 1.29 is 0 Å². The quantitative estimate of drug-likeness (QED) is 0.806. The molecule has 0 bridgehead atoms. The molecular weight excluding hydrogens is 257 g/mol. The lowest BCUT2D eigenvalue weighted by molar-refractivity contribution is 0.295. The average Bonchev–Trinajstić information content (AvgIpc) is 2.47. The van der Waals surface area contributed by atoms with Gasteiger partial charge in [-0.2, -0.15) is 11.8 Å². The lowest BCUT2D eigenvalue weighted by Gasteiger charge is -2.25. The smallest absolute Gasteiger partial charge is 0.0989 e. The highest BCUT2D eigenvalue weighted by atomic mass is 35.5. The summed E-state index contributed by atoms with van der Waals surface area (Å²) in [5, 5.41) is 0. The molecule has 0 aromatic carbocycles. The maximum Gasteiger partial charge on any atom is 0.0989 e. The van der Waals surface area contributed by atoms with Crippen molar-refractivity contribution in [3.8, 4) is 0 Å². The first-order valence-corrected chi connectivity index (χ1v) is 7.22. The minimum atomic E-state index is 0.788. The van der Waals surface area contributed by atoms with Crippen molar-refractivity contribution in [2.45, 2.75) is 6.54 Å². The second-order valence-corrected chi connectivity index (χ2v) is 6.75. The van der Waals surface area contributed by atoms with Crippen LogP contribution in [0.25, 0.3) is 0 Å². The van der Waals surface area contributed by atoms with Crippen LogP contribution in [-0.4, -0.2) is 29.5 Å². The summed E-state index contributed by atoms with van der Waals surface area (Å²) in [4.78, 5) is 2.43. The molecule has 1 aromatic heterocycles. The molecule has 5 heteroatoms. The van der Waals surface area contributed by atoms with E-state index in [2.05, 4.69) is 4.90 Å². The molecule has 0 spiro atoms. The van der Waals surface area contributed by atoms with Crippen molar-refractivity contribution in [1.82, 2.24) is 4.90 Å². The molecule has 1 aromatic rings. The molecule has 0 amide bonds. The van der Waals surface area contributed by atoms with Crippen LogP contribution in [0, 0.1) is 0 Å². The van der Waals surface area contributed by atoms with Gasteiger partial charge in [0.25, 0.3) is 0 Å². The van der Waals surface area contributed by atoms with Gasteiger partial charge in [-0.1, -0.05) is 23.2 Å². The van der Waals surface area contributed by atoms with Crippen LogP contribution in [0.4, 0.5) is 0 Å². The third-order valence-corrected chi connectivity index (χ3v) is 4.74. The van der Waals surface area contributed by atoms with Crippen LogP contribution in [0.5, 0.6) is 0 Å². The number of thiophene rings is 1. The van der Waals surface area contributed by atoms with E-state index in [4.69, 9.17) is 23.2 Å². The molecule has 2 heterocycles. The Bertz CT molecular complexity index is 308. The second-order valence-electron chi connectivity index (χ2n) is 3.24. The number of nitrogens with zero attached hydrogens (tertiary/aromatic N) is 1. The average molecular weight is 268 g/mol. The fourth-order valence-corrected chi connectivity index (χ4v) is 3.93. The first-order valence-electron chi connectivity index (χ1n) is 4.49. The van der Waals surface area contributed by atoms with Gasteiger partial charge in [0.15, 0.2) is 0 Å². The van der Waals surface area contributed by atoms with Gasteiger partial charge in [-0.05, 0) is 11.6 Å². The zero-order valence-electron chi connectivity index (χ0n) is 7.63. The van der Waals surface area contributed by atoms with E-state index in [1.807, 2.05) is 17.8 Å². The summed E-state index contributed by atoms with van der Waals surface area (Å²) in [5.74, 6) is 2.46. The first kappa shape index (κ1) is 11.1. The standard InChI is InChI=1S/C9H11Cl2NS2/c10-8-5-7(9(11)14-8)6-12-1-3-13-4-2-12/h5H,1-4,6H2. The van der Waals surface area contributed by atoms with Gasteiger partial charge in [0, 0.05) is 31.1 Å². The minimum Gasteiger partial charge on any atom is -0.297 e. The van der Waals surface area contributed by atoms with Gasteiger partial charge in [-0.25, -0.2) is 0 Å². The molecule has 0 aliphatic carbocycles. The van der Waals surface area contributed by atoms with E-state index < -0.39 is 0 Å². The molecule has 0 radical (unpaired) electrons. The highest BCUT2D eigenvalue weighted by Crippen LogP contribution is 2.32. The van der Waals surface area contributed by atoms with Crippen LogP contribution < -0.4 is 0 Å². The van der Waals surface area contributed by atoms with Crippen molar-refractivity contribution in [3.05, 3.63) is 20.3 Å². The van der Waals surface area contributed by atoms with E-state index >= 15 is 0 Å². The molecular formula is C9H11Cl2NS2. The summed E-state index contributed by atoms with van der Waals surface area (Å²) in [5.41, 5.74) is 1.17. The summed E-state index contributed by atoms with van der Waals surface area (Å²) in [6.45, 7) is 3.27. The van der Waals surface area contributed by atoms with Crippen LogP contribution in [0.15, 0.2) is 6.07 Å². The van der Waals surface area contributed by atoms with E-state index in [0.717, 1.165) is 28.3 Å². The van der Waals surface area contributed by atoms with E-state index in [9.17, 15) is 0 Å². The van der Waals surface area contributed by atoms with Gasteiger partial charge in [0.2, 0.25) is 0 Å². The number of hydrogen-bond acceptors (Lipinski definition) is 3. The fourth-order valence-electron chi connectivity index (χ4n) is 1.48. The van der Waals surface area contributed by atoms with Crippen molar-refractivity contribution in [1.29, 1.82) is 0 Å². The van der Waals surface area contributed by atoms with Crippen LogP contribution >= 0.6 is 46.3 Å². The Morgan fingerprint density at radius 1 is 1.29 bits per heavy atom. The zero-order valence-corrected chi connectivity index (χ0v) is 10.8. The lowest BCUT2D eigenvalue weighted by Crippen LogP contribution is -2.31. The summed E-state index contributed by atoms with van der Waals surface area (Å²) in [6, 6.07) is 1.98. The molecule has 0 atom stereocenters. The number of rotatable bonds is 2. The third-order valence-electron chi connectivity index (χ3n) is 2.22. The topological polar surface area (TPSA) is 3.24 Å². The Hall–Kier alpha value is 0.590. The van der Waals surface area contributed by atoms with Crippen molar-refractivity contribution in [3.63, 3.8) is 0 Å². The Kier molecular flexibility index (Phi) is 4.02. The van der Waals surface area contributed by atoms with Gasteiger partial charge in [0.1, 0.15) is 0 Å². The predicted molar refractivity (Wildman–Crippen MR) is 66.9 cm³/mol. The van der Waals surface area contributed by atoms with Crippen LogP contribution in [0.1, 0.15) is 5.56 Å². The van der Waals surface area contributed by atoms with Crippen molar-refractivity contribution >= 4 is 46.3 Å². The van der Waals surface area contributed by atoms with Crippen molar-refractivity contribution in [2.24, 2.45) is 0 Å². The molecule has 1 saturated heterocycles. The first-order chi connectivity index (χ1) is 6.75.